The van der Waals surface area contributed by atoms with Gasteiger partial charge in [-0.15, -0.1) is 0 Å². The number of anilines is 1. The minimum Gasteiger partial charge on any atom is -0.351 e. The number of nitrogens with zero attached hydrogens (tertiary/aromatic N) is 6. The van der Waals surface area contributed by atoms with Crippen LogP contribution in [0.25, 0.3) is 22.6 Å². The van der Waals surface area contributed by atoms with Gasteiger partial charge in [0.2, 0.25) is 5.95 Å². The summed E-state index contributed by atoms with van der Waals surface area (Å²) in [4.78, 5) is 18.1. The molecule has 0 saturated carbocycles. The van der Waals surface area contributed by atoms with E-state index in [1.54, 1.807) is 10.7 Å². The molecule has 0 bridgehead atoms. The van der Waals surface area contributed by atoms with Crippen molar-refractivity contribution in [3.05, 3.63) is 71.2 Å². The molecule has 0 spiro atoms. The predicted molar refractivity (Wildman–Crippen MR) is 124 cm³/mol. The van der Waals surface area contributed by atoms with E-state index in [1.807, 2.05) is 18.5 Å². The van der Waals surface area contributed by atoms with Gasteiger partial charge in [-0.1, -0.05) is 25.5 Å². The Morgan fingerprint density at radius 1 is 1.18 bits per heavy atom. The van der Waals surface area contributed by atoms with Gasteiger partial charge in [0, 0.05) is 29.6 Å². The highest BCUT2D eigenvalue weighted by molar-refractivity contribution is 5.75. The fourth-order valence-corrected chi connectivity index (χ4v) is 4.90. The highest BCUT2D eigenvalue weighted by atomic mass is 19.1. The topological polar surface area (TPSA) is 80.9 Å². The summed E-state index contributed by atoms with van der Waals surface area (Å²) >= 11 is 0. The Morgan fingerprint density at radius 3 is 2.94 bits per heavy atom. The maximum absolute atomic E-state index is 13.9. The summed E-state index contributed by atoms with van der Waals surface area (Å²) in [5.41, 5.74) is 7.61. The van der Waals surface area contributed by atoms with Crippen LogP contribution in [-0.4, -0.2) is 35.6 Å². The van der Waals surface area contributed by atoms with Crippen LogP contribution in [0.5, 0.6) is 0 Å². The number of allylic oxidation sites excluding steroid dienone is 1. The van der Waals surface area contributed by atoms with E-state index < -0.39 is 5.82 Å². The number of aromatic nitrogens is 6. The third-order valence-corrected chi connectivity index (χ3v) is 6.57. The largest absolute Gasteiger partial charge is 0.351 e. The summed E-state index contributed by atoms with van der Waals surface area (Å²) in [5.74, 6) is 0.872. The summed E-state index contributed by atoms with van der Waals surface area (Å²) in [5, 5.41) is 8.19. The number of rotatable bonds is 4. The lowest BCUT2D eigenvalue weighted by Crippen LogP contribution is -2.25. The lowest BCUT2D eigenvalue weighted by atomic mass is 9.89. The molecular formula is C25H24FN7. The van der Waals surface area contributed by atoms with Crippen LogP contribution in [-0.2, 0) is 6.42 Å². The van der Waals surface area contributed by atoms with Crippen LogP contribution in [0.3, 0.4) is 0 Å². The van der Waals surface area contributed by atoms with Crippen molar-refractivity contribution in [1.29, 1.82) is 0 Å². The second-order valence-electron chi connectivity index (χ2n) is 9.11. The van der Waals surface area contributed by atoms with Crippen molar-refractivity contribution in [2.45, 2.75) is 51.5 Å². The molecule has 4 aromatic heterocycles. The van der Waals surface area contributed by atoms with E-state index >= 15 is 0 Å². The van der Waals surface area contributed by atoms with E-state index in [0.717, 1.165) is 42.6 Å². The zero-order valence-corrected chi connectivity index (χ0v) is 18.6. The summed E-state index contributed by atoms with van der Waals surface area (Å²) < 4.78 is 15.6. The van der Waals surface area contributed by atoms with Gasteiger partial charge < -0.3 is 5.32 Å². The lowest BCUT2D eigenvalue weighted by molar-refractivity contribution is 0.621. The molecule has 0 unspecified atom stereocenters. The lowest BCUT2D eigenvalue weighted by Gasteiger charge is -2.25. The molecule has 8 heteroatoms. The van der Waals surface area contributed by atoms with Gasteiger partial charge >= 0.3 is 0 Å². The van der Waals surface area contributed by atoms with Crippen LogP contribution < -0.4 is 5.32 Å². The molecule has 0 amide bonds. The number of fused-ring (bicyclic) bond motifs is 3. The monoisotopic (exact) mass is 441 g/mol. The molecule has 0 saturated heterocycles. The zero-order chi connectivity index (χ0) is 22.5. The average Bonchev–Trinajstić information content (AvgIpc) is 3.41. The van der Waals surface area contributed by atoms with E-state index in [-0.39, 0.29) is 12.0 Å². The van der Waals surface area contributed by atoms with E-state index in [9.17, 15) is 4.39 Å². The maximum Gasteiger partial charge on any atom is 0.228 e. The van der Waals surface area contributed by atoms with Crippen LogP contribution >= 0.6 is 0 Å². The molecule has 7 nitrogen and oxygen atoms in total. The zero-order valence-electron chi connectivity index (χ0n) is 18.6. The smallest absolute Gasteiger partial charge is 0.228 e. The molecule has 1 N–H and O–H groups in total. The minimum absolute atomic E-state index is 0.194. The molecule has 0 aromatic carbocycles. The van der Waals surface area contributed by atoms with E-state index in [4.69, 9.17) is 9.97 Å². The Kier molecular flexibility index (Phi) is 4.67. The van der Waals surface area contributed by atoms with Crippen molar-refractivity contribution in [3.8, 4) is 11.4 Å². The Balaban J connectivity index is 1.38. The van der Waals surface area contributed by atoms with Crippen LogP contribution in [0.2, 0.25) is 0 Å². The molecule has 166 valence electrons. The van der Waals surface area contributed by atoms with Crippen LogP contribution in [0.4, 0.5) is 10.3 Å². The van der Waals surface area contributed by atoms with E-state index in [0.29, 0.717) is 17.3 Å². The number of pyridine rings is 2. The Morgan fingerprint density at radius 2 is 2.09 bits per heavy atom. The van der Waals surface area contributed by atoms with Crippen LogP contribution in [0, 0.1) is 5.82 Å². The normalized spacial score (nSPS) is 17.5. The molecule has 0 fully saturated rings. The van der Waals surface area contributed by atoms with Gasteiger partial charge in [0.05, 0.1) is 18.1 Å². The first-order valence-corrected chi connectivity index (χ1v) is 11.3. The van der Waals surface area contributed by atoms with Gasteiger partial charge in [0.1, 0.15) is 5.82 Å². The summed E-state index contributed by atoms with van der Waals surface area (Å²) in [6.07, 6.45) is 10.4. The molecule has 0 radical (unpaired) electrons. The Labute approximate surface area is 190 Å². The SMILES string of the molecule is CC(C)c1cnn2c(N[C@H]3CCC4=C(C3)c3ncccc3C4)nc(-c3cncc(F)c3)nc12. The molecule has 33 heavy (non-hydrogen) atoms. The molecule has 0 aliphatic heterocycles. The fraction of sp³-hybridized carbons (Fsp3) is 0.320. The third-order valence-electron chi connectivity index (χ3n) is 6.57. The van der Waals surface area contributed by atoms with Gasteiger partial charge in [0.15, 0.2) is 11.5 Å². The highest BCUT2D eigenvalue weighted by Crippen LogP contribution is 2.41. The van der Waals surface area contributed by atoms with Gasteiger partial charge in [0.25, 0.3) is 0 Å². The first kappa shape index (κ1) is 20.0. The Bertz CT molecular complexity index is 1410. The average molecular weight is 442 g/mol. The number of hydrogen-bond donors (Lipinski definition) is 1. The number of nitrogens with one attached hydrogen (secondary N) is 1. The maximum atomic E-state index is 13.9. The van der Waals surface area contributed by atoms with Crippen molar-refractivity contribution in [1.82, 2.24) is 29.5 Å². The summed E-state index contributed by atoms with van der Waals surface area (Å²) in [6, 6.07) is 5.79. The molecule has 6 rings (SSSR count). The van der Waals surface area contributed by atoms with Crippen LogP contribution in [0.15, 0.2) is 48.6 Å². The van der Waals surface area contributed by atoms with Crippen molar-refractivity contribution in [2.24, 2.45) is 0 Å². The summed E-state index contributed by atoms with van der Waals surface area (Å²) in [7, 11) is 0. The standard InChI is InChI=1S/C25H24FN7/c1-14(2)21-13-29-33-24(21)31-23(17-9-18(26)12-27-11-17)32-25(33)30-19-6-5-15-8-16-4-3-7-28-22(16)20(15)10-19/h3-4,7,9,11-14,19H,5-6,8,10H2,1-2H3,(H,30,31,32)/t19-/m0/s1. The molecule has 2 aliphatic carbocycles. The highest BCUT2D eigenvalue weighted by Gasteiger charge is 2.30. The summed E-state index contributed by atoms with van der Waals surface area (Å²) in [6.45, 7) is 4.21. The molecule has 2 aliphatic rings. The second-order valence-corrected chi connectivity index (χ2v) is 9.11. The van der Waals surface area contributed by atoms with Gasteiger partial charge in [-0.2, -0.15) is 14.6 Å². The second kappa shape index (κ2) is 7.72. The van der Waals surface area contributed by atoms with Crippen molar-refractivity contribution in [3.63, 3.8) is 0 Å². The van der Waals surface area contributed by atoms with E-state index in [2.05, 4.69) is 40.3 Å². The molecule has 4 heterocycles. The van der Waals surface area contributed by atoms with Gasteiger partial charge in [-0.3, -0.25) is 9.97 Å². The minimum atomic E-state index is -0.415. The van der Waals surface area contributed by atoms with E-state index in [1.165, 1.54) is 29.0 Å². The first-order chi connectivity index (χ1) is 16.1. The first-order valence-electron chi connectivity index (χ1n) is 11.3. The molecule has 1 atom stereocenters. The number of hydrogen-bond acceptors (Lipinski definition) is 6. The Hall–Kier alpha value is -3.68. The molecule has 4 aromatic rings. The van der Waals surface area contributed by atoms with Gasteiger partial charge in [-0.05, 0) is 54.9 Å². The third kappa shape index (κ3) is 3.46. The predicted octanol–water partition coefficient (Wildman–Crippen LogP) is 4.82. The number of halogens is 1. The van der Waals surface area contributed by atoms with Crippen molar-refractivity contribution < 1.29 is 4.39 Å². The van der Waals surface area contributed by atoms with Gasteiger partial charge in [-0.25, -0.2) is 9.37 Å². The van der Waals surface area contributed by atoms with Crippen molar-refractivity contribution >= 4 is 17.2 Å². The van der Waals surface area contributed by atoms with Crippen LogP contribution in [0.1, 0.15) is 55.8 Å². The molecular weight excluding hydrogens is 417 g/mol. The quantitative estimate of drug-likeness (QED) is 0.489. The van der Waals surface area contributed by atoms with Crippen molar-refractivity contribution in [2.75, 3.05) is 5.32 Å². The fourth-order valence-electron chi connectivity index (χ4n) is 4.90.